The van der Waals surface area contributed by atoms with Crippen LogP contribution in [-0.4, -0.2) is 0 Å². The molecule has 0 radical (unpaired) electrons. The third-order valence-electron chi connectivity index (χ3n) is 2.70. The lowest BCUT2D eigenvalue weighted by atomic mass is 10.0. The Balaban J connectivity index is 2.96. The smallest absolute Gasteiger partial charge is 0.336 e. The van der Waals surface area contributed by atoms with Crippen molar-refractivity contribution in [2.45, 2.75) is 13.8 Å². The van der Waals surface area contributed by atoms with Gasteiger partial charge < -0.3 is 10.2 Å². The van der Waals surface area contributed by atoms with Gasteiger partial charge in [-0.3, -0.25) is 0 Å². The molecule has 0 amide bonds. The van der Waals surface area contributed by atoms with Crippen molar-refractivity contribution in [1.82, 2.24) is 0 Å². The van der Waals surface area contributed by atoms with E-state index in [1.165, 1.54) is 6.07 Å². The first kappa shape index (κ1) is 10.5. The molecule has 1 aromatic heterocycles. The van der Waals surface area contributed by atoms with E-state index in [-0.39, 0.29) is 0 Å². The molecule has 0 fully saturated rings. The Bertz CT molecular complexity index is 638. The average Bonchev–Trinajstić information content (AvgIpc) is 2.19. The Kier molecular flexibility index (Phi) is 2.31. The number of benzene rings is 1. The minimum absolute atomic E-state index is 0.376. The number of hydrogen-bond donors (Lipinski definition) is 1. The van der Waals surface area contributed by atoms with Gasteiger partial charge in [0.05, 0.1) is 0 Å². The summed E-state index contributed by atoms with van der Waals surface area (Å²) >= 11 is 0. The van der Waals surface area contributed by atoms with Crippen molar-refractivity contribution < 1.29 is 4.42 Å². The van der Waals surface area contributed by atoms with Crippen molar-refractivity contribution in [1.29, 1.82) is 0 Å². The minimum Gasteiger partial charge on any atom is -0.423 e. The van der Waals surface area contributed by atoms with Crippen molar-refractivity contribution in [3.05, 3.63) is 51.9 Å². The van der Waals surface area contributed by atoms with E-state index in [2.05, 4.69) is 6.58 Å². The highest BCUT2D eigenvalue weighted by Gasteiger charge is 2.08. The summed E-state index contributed by atoms with van der Waals surface area (Å²) in [6, 6.07) is 5.18. The summed E-state index contributed by atoms with van der Waals surface area (Å²) in [5, 5.41) is 0.829. The highest BCUT2D eigenvalue weighted by Crippen LogP contribution is 2.23. The van der Waals surface area contributed by atoms with Crippen LogP contribution >= 0.6 is 0 Å². The third-order valence-corrected chi connectivity index (χ3v) is 2.70. The molecule has 0 saturated carbocycles. The van der Waals surface area contributed by atoms with Crippen LogP contribution in [0.25, 0.3) is 16.7 Å². The van der Waals surface area contributed by atoms with E-state index in [9.17, 15) is 4.79 Å². The Morgan fingerprint density at radius 1 is 1.25 bits per heavy atom. The van der Waals surface area contributed by atoms with Crippen LogP contribution in [0.1, 0.15) is 16.7 Å². The molecule has 0 unspecified atom stereocenters. The molecule has 0 atom stereocenters. The van der Waals surface area contributed by atoms with Gasteiger partial charge in [-0.05, 0) is 37.1 Å². The molecule has 0 saturated heterocycles. The van der Waals surface area contributed by atoms with Crippen LogP contribution in [0.15, 0.2) is 34.0 Å². The first-order valence-electron chi connectivity index (χ1n) is 4.99. The number of rotatable bonds is 1. The summed E-state index contributed by atoms with van der Waals surface area (Å²) in [5.41, 5.74) is 9.04. The van der Waals surface area contributed by atoms with E-state index < -0.39 is 5.63 Å². The Morgan fingerprint density at radius 2 is 1.88 bits per heavy atom. The maximum atomic E-state index is 11.3. The average molecular weight is 215 g/mol. The van der Waals surface area contributed by atoms with Gasteiger partial charge in [0.25, 0.3) is 0 Å². The van der Waals surface area contributed by atoms with Gasteiger partial charge >= 0.3 is 5.63 Å². The second-order valence-corrected chi connectivity index (χ2v) is 3.94. The fourth-order valence-corrected chi connectivity index (χ4v) is 1.68. The summed E-state index contributed by atoms with van der Waals surface area (Å²) < 4.78 is 5.14. The second-order valence-electron chi connectivity index (χ2n) is 3.94. The first-order valence-corrected chi connectivity index (χ1v) is 4.99. The number of hydrogen-bond acceptors (Lipinski definition) is 3. The largest absolute Gasteiger partial charge is 0.423 e. The maximum Gasteiger partial charge on any atom is 0.336 e. The summed E-state index contributed by atoms with van der Waals surface area (Å²) in [6.45, 7) is 7.64. The zero-order valence-corrected chi connectivity index (χ0v) is 9.33. The van der Waals surface area contributed by atoms with Crippen LogP contribution in [0.2, 0.25) is 0 Å². The summed E-state index contributed by atoms with van der Waals surface area (Å²) in [5.74, 6) is 0. The molecule has 3 heteroatoms. The van der Waals surface area contributed by atoms with E-state index in [0.29, 0.717) is 16.8 Å². The second kappa shape index (κ2) is 3.52. The lowest BCUT2D eigenvalue weighted by Crippen LogP contribution is -2.04. The zero-order valence-electron chi connectivity index (χ0n) is 9.33. The Hall–Kier alpha value is -2.03. The Morgan fingerprint density at radius 3 is 2.50 bits per heavy atom. The summed E-state index contributed by atoms with van der Waals surface area (Å²) in [4.78, 5) is 11.3. The van der Waals surface area contributed by atoms with Gasteiger partial charge in [0, 0.05) is 22.7 Å². The highest BCUT2D eigenvalue weighted by atomic mass is 16.4. The molecule has 0 aliphatic heterocycles. The number of nitrogens with two attached hydrogens (primary N) is 1. The molecule has 82 valence electrons. The lowest BCUT2D eigenvalue weighted by molar-refractivity contribution is 0.560. The molecule has 0 bridgehead atoms. The fourth-order valence-electron chi connectivity index (χ4n) is 1.68. The standard InChI is InChI=1S/C13H13NO2/c1-7-4-11-10(9(3)14)6-13(15)16-12(11)5-8(7)2/h4-6H,3,14H2,1-2H3. The van der Waals surface area contributed by atoms with Crippen molar-refractivity contribution >= 4 is 16.7 Å². The van der Waals surface area contributed by atoms with Crippen LogP contribution in [0.5, 0.6) is 0 Å². The van der Waals surface area contributed by atoms with Crippen LogP contribution in [0.3, 0.4) is 0 Å². The maximum absolute atomic E-state index is 11.3. The molecular weight excluding hydrogens is 202 g/mol. The van der Waals surface area contributed by atoms with Gasteiger partial charge in [-0.2, -0.15) is 0 Å². The van der Waals surface area contributed by atoms with Crippen LogP contribution in [-0.2, 0) is 0 Å². The van der Waals surface area contributed by atoms with Crippen molar-refractivity contribution in [2.24, 2.45) is 5.73 Å². The minimum atomic E-state index is -0.405. The van der Waals surface area contributed by atoms with Crippen molar-refractivity contribution in [2.75, 3.05) is 0 Å². The third kappa shape index (κ3) is 1.60. The lowest BCUT2D eigenvalue weighted by Gasteiger charge is -2.07. The van der Waals surface area contributed by atoms with Gasteiger partial charge in [0.2, 0.25) is 0 Å². The van der Waals surface area contributed by atoms with E-state index in [0.717, 1.165) is 16.5 Å². The molecule has 2 aromatic rings. The molecule has 0 spiro atoms. The van der Waals surface area contributed by atoms with Crippen molar-refractivity contribution in [3.63, 3.8) is 0 Å². The molecule has 0 aliphatic carbocycles. The van der Waals surface area contributed by atoms with Gasteiger partial charge in [0.1, 0.15) is 5.58 Å². The quantitative estimate of drug-likeness (QED) is 0.743. The normalized spacial score (nSPS) is 10.6. The topological polar surface area (TPSA) is 56.2 Å². The molecule has 2 rings (SSSR count). The fraction of sp³-hybridized carbons (Fsp3) is 0.154. The van der Waals surface area contributed by atoms with E-state index in [1.54, 1.807) is 0 Å². The molecule has 0 aliphatic rings. The van der Waals surface area contributed by atoms with Gasteiger partial charge in [-0.25, -0.2) is 4.79 Å². The molecule has 3 nitrogen and oxygen atoms in total. The molecule has 1 heterocycles. The number of aryl methyl sites for hydroxylation is 2. The summed E-state index contributed by atoms with van der Waals surface area (Å²) in [6.07, 6.45) is 0. The molecule has 2 N–H and O–H groups in total. The monoisotopic (exact) mass is 215 g/mol. The van der Waals surface area contributed by atoms with E-state index in [1.807, 2.05) is 26.0 Å². The predicted molar refractivity (Wildman–Crippen MR) is 65.2 cm³/mol. The van der Waals surface area contributed by atoms with Gasteiger partial charge in [-0.1, -0.05) is 6.58 Å². The van der Waals surface area contributed by atoms with Crippen LogP contribution < -0.4 is 11.4 Å². The highest BCUT2D eigenvalue weighted by molar-refractivity contribution is 5.89. The van der Waals surface area contributed by atoms with E-state index >= 15 is 0 Å². The predicted octanol–water partition coefficient (Wildman–Crippen LogP) is 2.34. The van der Waals surface area contributed by atoms with Crippen LogP contribution in [0.4, 0.5) is 0 Å². The molecule has 16 heavy (non-hydrogen) atoms. The zero-order chi connectivity index (χ0) is 11.9. The molecule has 1 aromatic carbocycles. The summed E-state index contributed by atoms with van der Waals surface area (Å²) in [7, 11) is 0. The van der Waals surface area contributed by atoms with Crippen LogP contribution in [0, 0.1) is 13.8 Å². The van der Waals surface area contributed by atoms with Crippen molar-refractivity contribution in [3.8, 4) is 0 Å². The molecular formula is C13H13NO2. The van der Waals surface area contributed by atoms with Gasteiger partial charge in [0.15, 0.2) is 0 Å². The Labute approximate surface area is 93.2 Å². The number of fused-ring (bicyclic) bond motifs is 1. The van der Waals surface area contributed by atoms with Gasteiger partial charge in [-0.15, -0.1) is 0 Å². The first-order chi connectivity index (χ1) is 7.49. The SMILES string of the molecule is C=C(N)c1cc(=O)oc2cc(C)c(C)cc12. The van der Waals surface area contributed by atoms with E-state index in [4.69, 9.17) is 10.2 Å².